The fourth-order valence-electron chi connectivity index (χ4n) is 2.02. The van der Waals surface area contributed by atoms with Gasteiger partial charge in [0, 0.05) is 5.69 Å². The van der Waals surface area contributed by atoms with Crippen LogP contribution in [0, 0.1) is 0 Å². The number of anilines is 1. The first kappa shape index (κ1) is 14.9. The summed E-state index contributed by atoms with van der Waals surface area (Å²) in [5.41, 5.74) is 2.08. The standard InChI is InChI=1S/C17H19NO3/c1-11(2)12-7-9-13(10-8-12)18-17(20)14-5-4-6-15(21-3)16(14)19/h4-11,19H,1-3H3,(H,18,20). The van der Waals surface area contributed by atoms with Crippen LogP contribution in [0.2, 0.25) is 0 Å². The molecule has 110 valence electrons. The van der Waals surface area contributed by atoms with Crippen LogP contribution >= 0.6 is 0 Å². The van der Waals surface area contributed by atoms with Crippen molar-refractivity contribution in [3.8, 4) is 11.5 Å². The molecule has 1 amide bonds. The minimum atomic E-state index is -0.372. The van der Waals surface area contributed by atoms with Crippen molar-refractivity contribution in [1.82, 2.24) is 0 Å². The number of para-hydroxylation sites is 1. The summed E-state index contributed by atoms with van der Waals surface area (Å²) in [6.07, 6.45) is 0. The first-order valence-corrected chi connectivity index (χ1v) is 6.80. The lowest BCUT2D eigenvalue weighted by Gasteiger charge is -2.10. The van der Waals surface area contributed by atoms with Crippen LogP contribution < -0.4 is 10.1 Å². The van der Waals surface area contributed by atoms with E-state index < -0.39 is 0 Å². The molecule has 0 saturated heterocycles. The van der Waals surface area contributed by atoms with E-state index in [-0.39, 0.29) is 23.0 Å². The highest BCUT2D eigenvalue weighted by molar-refractivity contribution is 6.06. The molecular weight excluding hydrogens is 266 g/mol. The number of carbonyl (C=O) groups is 1. The zero-order valence-electron chi connectivity index (χ0n) is 12.4. The van der Waals surface area contributed by atoms with Gasteiger partial charge in [-0.15, -0.1) is 0 Å². The molecule has 0 aromatic heterocycles. The van der Waals surface area contributed by atoms with Gasteiger partial charge in [0.2, 0.25) is 0 Å². The molecule has 21 heavy (non-hydrogen) atoms. The van der Waals surface area contributed by atoms with Crippen LogP contribution in [0.25, 0.3) is 0 Å². The summed E-state index contributed by atoms with van der Waals surface area (Å²) in [6, 6.07) is 12.5. The number of nitrogens with one attached hydrogen (secondary N) is 1. The largest absolute Gasteiger partial charge is 0.504 e. The molecular formula is C17H19NO3. The van der Waals surface area contributed by atoms with E-state index in [1.165, 1.54) is 12.7 Å². The van der Waals surface area contributed by atoms with E-state index in [9.17, 15) is 9.90 Å². The lowest BCUT2D eigenvalue weighted by molar-refractivity contribution is 0.102. The van der Waals surface area contributed by atoms with Crippen LogP contribution in [0.5, 0.6) is 11.5 Å². The van der Waals surface area contributed by atoms with Crippen molar-refractivity contribution < 1.29 is 14.6 Å². The third-order valence-electron chi connectivity index (χ3n) is 3.30. The lowest BCUT2D eigenvalue weighted by Crippen LogP contribution is -2.12. The highest BCUT2D eigenvalue weighted by Crippen LogP contribution is 2.30. The number of benzene rings is 2. The van der Waals surface area contributed by atoms with Crippen LogP contribution in [0.3, 0.4) is 0 Å². The Bertz CT molecular complexity index is 633. The average molecular weight is 285 g/mol. The molecule has 0 unspecified atom stereocenters. The number of rotatable bonds is 4. The van der Waals surface area contributed by atoms with Crippen LogP contribution in [0.4, 0.5) is 5.69 Å². The number of methoxy groups -OCH3 is 1. The zero-order valence-corrected chi connectivity index (χ0v) is 12.4. The van der Waals surface area contributed by atoms with Gasteiger partial charge in [0.1, 0.15) is 0 Å². The number of phenolic OH excluding ortho intramolecular Hbond substituents is 1. The SMILES string of the molecule is COc1cccc(C(=O)Nc2ccc(C(C)C)cc2)c1O. The van der Waals surface area contributed by atoms with Gasteiger partial charge >= 0.3 is 0 Å². The van der Waals surface area contributed by atoms with Crippen molar-refractivity contribution in [2.45, 2.75) is 19.8 Å². The molecule has 0 aliphatic carbocycles. The predicted molar refractivity (Wildman–Crippen MR) is 83.1 cm³/mol. The highest BCUT2D eigenvalue weighted by atomic mass is 16.5. The summed E-state index contributed by atoms with van der Waals surface area (Å²) in [5, 5.41) is 12.7. The van der Waals surface area contributed by atoms with E-state index in [0.717, 1.165) is 0 Å². The molecule has 0 aliphatic heterocycles. The van der Waals surface area contributed by atoms with Gasteiger partial charge in [-0.1, -0.05) is 32.0 Å². The van der Waals surface area contributed by atoms with Crippen molar-refractivity contribution in [2.24, 2.45) is 0 Å². The molecule has 4 heteroatoms. The van der Waals surface area contributed by atoms with Gasteiger partial charge in [0.05, 0.1) is 12.7 Å². The molecule has 0 atom stereocenters. The first-order chi connectivity index (χ1) is 10.0. The Morgan fingerprint density at radius 1 is 1.14 bits per heavy atom. The molecule has 4 nitrogen and oxygen atoms in total. The lowest BCUT2D eigenvalue weighted by atomic mass is 10.0. The molecule has 0 fully saturated rings. The number of phenols is 1. The van der Waals surface area contributed by atoms with Gasteiger partial charge in [0.25, 0.3) is 5.91 Å². The molecule has 0 bridgehead atoms. The number of carbonyl (C=O) groups excluding carboxylic acids is 1. The molecule has 0 saturated carbocycles. The minimum Gasteiger partial charge on any atom is -0.504 e. The minimum absolute atomic E-state index is 0.156. The van der Waals surface area contributed by atoms with Crippen molar-refractivity contribution in [3.63, 3.8) is 0 Å². The Kier molecular flexibility index (Phi) is 4.48. The summed E-state index contributed by atoms with van der Waals surface area (Å²) in [4.78, 5) is 12.2. The number of hydrogen-bond donors (Lipinski definition) is 2. The molecule has 0 aliphatic rings. The smallest absolute Gasteiger partial charge is 0.259 e. The normalized spacial score (nSPS) is 10.5. The number of aromatic hydroxyl groups is 1. The zero-order chi connectivity index (χ0) is 15.4. The van der Waals surface area contributed by atoms with Crippen molar-refractivity contribution >= 4 is 11.6 Å². The molecule has 2 aromatic carbocycles. The summed E-state index contributed by atoms with van der Waals surface area (Å²) in [6.45, 7) is 4.23. The van der Waals surface area contributed by atoms with Gasteiger partial charge in [-0.05, 0) is 35.7 Å². The number of hydrogen-bond acceptors (Lipinski definition) is 3. The molecule has 2 aromatic rings. The number of amides is 1. The summed E-state index contributed by atoms with van der Waals surface area (Å²) >= 11 is 0. The Balaban J connectivity index is 2.18. The fraction of sp³-hybridized carbons (Fsp3) is 0.235. The van der Waals surface area contributed by atoms with Crippen LogP contribution in [0.1, 0.15) is 35.7 Å². The van der Waals surface area contributed by atoms with E-state index in [1.54, 1.807) is 18.2 Å². The van der Waals surface area contributed by atoms with Crippen molar-refractivity contribution in [3.05, 3.63) is 53.6 Å². The van der Waals surface area contributed by atoms with Crippen LogP contribution in [0.15, 0.2) is 42.5 Å². The Hall–Kier alpha value is -2.49. The van der Waals surface area contributed by atoms with E-state index in [1.807, 2.05) is 24.3 Å². The van der Waals surface area contributed by atoms with E-state index in [2.05, 4.69) is 19.2 Å². The van der Waals surface area contributed by atoms with Gasteiger partial charge in [-0.2, -0.15) is 0 Å². The molecule has 0 radical (unpaired) electrons. The van der Waals surface area contributed by atoms with E-state index in [4.69, 9.17) is 4.74 Å². The third-order valence-corrected chi connectivity index (χ3v) is 3.30. The van der Waals surface area contributed by atoms with Crippen LogP contribution in [-0.2, 0) is 0 Å². The molecule has 2 rings (SSSR count). The first-order valence-electron chi connectivity index (χ1n) is 6.80. The monoisotopic (exact) mass is 285 g/mol. The average Bonchev–Trinajstić information content (AvgIpc) is 2.48. The Morgan fingerprint density at radius 2 is 1.81 bits per heavy atom. The van der Waals surface area contributed by atoms with Crippen molar-refractivity contribution in [1.29, 1.82) is 0 Å². The summed E-state index contributed by atoms with van der Waals surface area (Å²) in [7, 11) is 1.45. The van der Waals surface area contributed by atoms with Crippen molar-refractivity contribution in [2.75, 3.05) is 12.4 Å². The summed E-state index contributed by atoms with van der Waals surface area (Å²) < 4.78 is 5.00. The Morgan fingerprint density at radius 3 is 2.38 bits per heavy atom. The maximum atomic E-state index is 12.2. The summed E-state index contributed by atoms with van der Waals surface area (Å²) in [5.74, 6) is 0.190. The Labute approximate surface area is 124 Å². The van der Waals surface area contributed by atoms with Gasteiger partial charge in [0.15, 0.2) is 11.5 Å². The topological polar surface area (TPSA) is 58.6 Å². The van der Waals surface area contributed by atoms with Gasteiger partial charge < -0.3 is 15.2 Å². The van der Waals surface area contributed by atoms with Gasteiger partial charge in [-0.25, -0.2) is 0 Å². The second kappa shape index (κ2) is 6.31. The van der Waals surface area contributed by atoms with Gasteiger partial charge in [-0.3, -0.25) is 4.79 Å². The van der Waals surface area contributed by atoms with E-state index in [0.29, 0.717) is 11.6 Å². The van der Waals surface area contributed by atoms with E-state index >= 15 is 0 Å². The maximum absolute atomic E-state index is 12.2. The highest BCUT2D eigenvalue weighted by Gasteiger charge is 2.14. The predicted octanol–water partition coefficient (Wildman–Crippen LogP) is 3.78. The quantitative estimate of drug-likeness (QED) is 0.898. The number of ether oxygens (including phenoxy) is 1. The second-order valence-corrected chi connectivity index (χ2v) is 5.09. The van der Waals surface area contributed by atoms with Crippen LogP contribution in [-0.4, -0.2) is 18.1 Å². The molecule has 2 N–H and O–H groups in total. The molecule has 0 spiro atoms. The second-order valence-electron chi connectivity index (χ2n) is 5.09. The third kappa shape index (κ3) is 3.34. The maximum Gasteiger partial charge on any atom is 0.259 e. The fourth-order valence-corrected chi connectivity index (χ4v) is 2.02. The molecule has 0 heterocycles.